The van der Waals surface area contributed by atoms with Crippen LogP contribution in [-0.2, 0) is 17.7 Å². The van der Waals surface area contributed by atoms with E-state index >= 15 is 0 Å². The van der Waals surface area contributed by atoms with Crippen LogP contribution in [0.2, 0.25) is 0 Å². The quantitative estimate of drug-likeness (QED) is 0.444. The second-order valence-electron chi connectivity index (χ2n) is 10.1. The van der Waals surface area contributed by atoms with Crippen molar-refractivity contribution in [2.75, 3.05) is 26.3 Å². The number of aromatic nitrogens is 1. The number of amides is 2. The third-order valence-corrected chi connectivity index (χ3v) is 7.61. The van der Waals surface area contributed by atoms with Crippen molar-refractivity contribution in [2.24, 2.45) is 0 Å². The zero-order valence-electron chi connectivity index (χ0n) is 21.1. The Morgan fingerprint density at radius 2 is 1.64 bits per heavy atom. The van der Waals surface area contributed by atoms with Gasteiger partial charge in [-0.2, -0.15) is 0 Å². The molecule has 0 spiro atoms. The summed E-state index contributed by atoms with van der Waals surface area (Å²) < 4.78 is 7.63. The number of para-hydroxylation sites is 1. The van der Waals surface area contributed by atoms with Crippen molar-refractivity contribution in [2.45, 2.75) is 64.0 Å². The molecule has 1 saturated carbocycles. The zero-order valence-corrected chi connectivity index (χ0v) is 21.1. The Morgan fingerprint density at radius 1 is 0.889 bits per heavy atom. The summed E-state index contributed by atoms with van der Waals surface area (Å²) in [6, 6.07) is 16.5. The molecule has 190 valence electrons. The summed E-state index contributed by atoms with van der Waals surface area (Å²) in [5.41, 5.74) is 3.80. The van der Waals surface area contributed by atoms with Gasteiger partial charge in [0.15, 0.2) is 0 Å². The minimum absolute atomic E-state index is 0.0696. The van der Waals surface area contributed by atoms with Crippen LogP contribution in [0.3, 0.4) is 0 Å². The van der Waals surface area contributed by atoms with Crippen molar-refractivity contribution in [1.82, 2.24) is 14.8 Å². The van der Waals surface area contributed by atoms with Crippen LogP contribution in [-0.4, -0.2) is 53.6 Å². The standard InChI is InChI=1S/C30H37N3O3/c34-29(31-24-12-2-1-3-13-24)25-14-5-4-10-23(25)11-8-9-17-33-22-27(26-15-6-7-16-28(26)33)30(35)32-18-20-36-21-19-32/h4-7,10,14-16,22,24H,1-3,8-9,11-13,17-21H2,(H,31,34). The van der Waals surface area contributed by atoms with Crippen LogP contribution in [0.15, 0.2) is 54.7 Å². The molecule has 2 aliphatic rings. The number of hydrogen-bond donors (Lipinski definition) is 1. The average Bonchev–Trinajstić information content (AvgIpc) is 3.30. The van der Waals surface area contributed by atoms with E-state index < -0.39 is 0 Å². The van der Waals surface area contributed by atoms with Gasteiger partial charge in [-0.3, -0.25) is 9.59 Å². The molecule has 1 saturated heterocycles. The van der Waals surface area contributed by atoms with Crippen LogP contribution < -0.4 is 5.32 Å². The van der Waals surface area contributed by atoms with E-state index in [9.17, 15) is 9.59 Å². The van der Waals surface area contributed by atoms with Gasteiger partial charge in [-0.1, -0.05) is 55.7 Å². The molecular formula is C30H37N3O3. The summed E-state index contributed by atoms with van der Waals surface area (Å²) in [4.78, 5) is 28.1. The largest absolute Gasteiger partial charge is 0.378 e. The predicted octanol–water partition coefficient (Wildman–Crippen LogP) is 5.20. The fourth-order valence-corrected chi connectivity index (χ4v) is 5.61. The van der Waals surface area contributed by atoms with Gasteiger partial charge >= 0.3 is 0 Å². The molecule has 6 heteroatoms. The smallest absolute Gasteiger partial charge is 0.256 e. The number of nitrogens with one attached hydrogen (secondary N) is 1. The summed E-state index contributed by atoms with van der Waals surface area (Å²) in [7, 11) is 0. The molecule has 2 aromatic carbocycles. The van der Waals surface area contributed by atoms with Gasteiger partial charge in [-0.05, 0) is 49.8 Å². The van der Waals surface area contributed by atoms with Crippen LogP contribution in [0, 0.1) is 0 Å². The van der Waals surface area contributed by atoms with Gasteiger partial charge in [0.1, 0.15) is 0 Å². The number of hydrogen-bond acceptors (Lipinski definition) is 3. The van der Waals surface area contributed by atoms with Crippen LogP contribution >= 0.6 is 0 Å². The lowest BCUT2D eigenvalue weighted by Gasteiger charge is -2.26. The molecule has 2 amide bonds. The number of rotatable bonds is 8. The van der Waals surface area contributed by atoms with E-state index in [1.54, 1.807) is 0 Å². The molecule has 0 bridgehead atoms. The van der Waals surface area contributed by atoms with Gasteiger partial charge in [-0.25, -0.2) is 0 Å². The topological polar surface area (TPSA) is 63.6 Å². The van der Waals surface area contributed by atoms with Crippen molar-refractivity contribution in [3.05, 3.63) is 71.4 Å². The van der Waals surface area contributed by atoms with Gasteiger partial charge in [0, 0.05) is 48.3 Å². The Kier molecular flexibility index (Phi) is 8.01. The van der Waals surface area contributed by atoms with Crippen LogP contribution in [0.5, 0.6) is 0 Å². The molecule has 6 nitrogen and oxygen atoms in total. The molecule has 2 heterocycles. The molecule has 1 aliphatic carbocycles. The number of carbonyl (C=O) groups excluding carboxylic acids is 2. The van der Waals surface area contributed by atoms with Crippen LogP contribution in [0.4, 0.5) is 0 Å². The van der Waals surface area contributed by atoms with Crippen molar-refractivity contribution < 1.29 is 14.3 Å². The van der Waals surface area contributed by atoms with Crippen LogP contribution in [0.1, 0.15) is 71.2 Å². The van der Waals surface area contributed by atoms with Gasteiger partial charge in [-0.15, -0.1) is 0 Å². The molecule has 36 heavy (non-hydrogen) atoms. The molecule has 1 aromatic heterocycles. The van der Waals surface area contributed by atoms with Gasteiger partial charge < -0.3 is 19.5 Å². The molecule has 5 rings (SSSR count). The fourth-order valence-electron chi connectivity index (χ4n) is 5.61. The Bertz CT molecular complexity index is 1190. The maximum atomic E-state index is 13.2. The normalized spacial score (nSPS) is 16.8. The monoisotopic (exact) mass is 487 g/mol. The molecule has 3 aromatic rings. The van der Waals surface area contributed by atoms with E-state index in [1.165, 1.54) is 19.3 Å². The molecule has 2 fully saturated rings. The summed E-state index contributed by atoms with van der Waals surface area (Å²) in [6.45, 7) is 3.33. The lowest BCUT2D eigenvalue weighted by atomic mass is 9.94. The maximum Gasteiger partial charge on any atom is 0.256 e. The number of carbonyl (C=O) groups is 2. The first-order chi connectivity index (χ1) is 17.7. The van der Waals surface area contributed by atoms with Gasteiger partial charge in [0.25, 0.3) is 11.8 Å². The number of nitrogens with zero attached hydrogens (tertiary/aromatic N) is 2. The highest BCUT2D eigenvalue weighted by Gasteiger charge is 2.22. The predicted molar refractivity (Wildman–Crippen MR) is 142 cm³/mol. The fraction of sp³-hybridized carbons (Fsp3) is 0.467. The molecule has 0 radical (unpaired) electrons. The van der Waals surface area contributed by atoms with E-state index in [2.05, 4.69) is 22.0 Å². The Labute approximate surface area is 213 Å². The first-order valence-electron chi connectivity index (χ1n) is 13.5. The average molecular weight is 488 g/mol. The van der Waals surface area contributed by atoms with Crippen LogP contribution in [0.25, 0.3) is 10.9 Å². The minimum Gasteiger partial charge on any atom is -0.378 e. The number of morpholine rings is 1. The van der Waals surface area contributed by atoms with Gasteiger partial charge in [0.2, 0.25) is 0 Å². The lowest BCUT2D eigenvalue weighted by Crippen LogP contribution is -2.40. The highest BCUT2D eigenvalue weighted by molar-refractivity contribution is 6.07. The Balaban J connectivity index is 1.21. The highest BCUT2D eigenvalue weighted by atomic mass is 16.5. The van der Waals surface area contributed by atoms with Crippen molar-refractivity contribution in [1.29, 1.82) is 0 Å². The molecule has 0 unspecified atom stereocenters. The summed E-state index contributed by atoms with van der Waals surface area (Å²) in [5.74, 6) is 0.159. The number of benzene rings is 2. The summed E-state index contributed by atoms with van der Waals surface area (Å²) in [5, 5.41) is 4.28. The second-order valence-corrected chi connectivity index (χ2v) is 10.1. The number of aryl methyl sites for hydroxylation is 2. The zero-order chi connectivity index (χ0) is 24.7. The third kappa shape index (κ3) is 5.65. The van der Waals surface area contributed by atoms with E-state index in [0.29, 0.717) is 32.3 Å². The third-order valence-electron chi connectivity index (χ3n) is 7.61. The summed E-state index contributed by atoms with van der Waals surface area (Å²) >= 11 is 0. The van der Waals surface area contributed by atoms with Crippen molar-refractivity contribution in [3.8, 4) is 0 Å². The van der Waals surface area contributed by atoms with E-state index in [0.717, 1.165) is 66.2 Å². The Morgan fingerprint density at radius 3 is 2.47 bits per heavy atom. The number of fused-ring (bicyclic) bond motifs is 1. The van der Waals surface area contributed by atoms with E-state index in [4.69, 9.17) is 4.74 Å². The number of ether oxygens (including phenoxy) is 1. The first-order valence-corrected chi connectivity index (χ1v) is 13.5. The Hall–Kier alpha value is -3.12. The number of unbranched alkanes of at least 4 members (excludes halogenated alkanes) is 1. The van der Waals surface area contributed by atoms with Crippen molar-refractivity contribution >= 4 is 22.7 Å². The highest BCUT2D eigenvalue weighted by Crippen LogP contribution is 2.24. The first kappa shape index (κ1) is 24.6. The second kappa shape index (κ2) is 11.7. The molecule has 1 aliphatic heterocycles. The lowest BCUT2D eigenvalue weighted by molar-refractivity contribution is 0.0304. The SMILES string of the molecule is O=C(NC1CCCCC1)c1ccccc1CCCCn1cc(C(=O)N2CCOCC2)c2ccccc21. The molecule has 0 atom stereocenters. The molecular weight excluding hydrogens is 450 g/mol. The van der Waals surface area contributed by atoms with Gasteiger partial charge in [0.05, 0.1) is 18.8 Å². The van der Waals surface area contributed by atoms with Crippen molar-refractivity contribution in [3.63, 3.8) is 0 Å². The minimum atomic E-state index is 0.0696. The van der Waals surface area contributed by atoms with E-state index in [1.807, 2.05) is 47.5 Å². The maximum absolute atomic E-state index is 13.2. The summed E-state index contributed by atoms with van der Waals surface area (Å²) in [6.07, 6.45) is 10.7. The molecule has 1 N–H and O–H groups in total. The van der Waals surface area contributed by atoms with E-state index in [-0.39, 0.29) is 11.8 Å².